The second kappa shape index (κ2) is 8.51. The fourth-order valence-corrected chi connectivity index (χ4v) is 3.82. The summed E-state index contributed by atoms with van der Waals surface area (Å²) < 4.78 is 0. The Hall–Kier alpha value is -3.45. The van der Waals surface area contributed by atoms with Crippen molar-refractivity contribution in [3.63, 3.8) is 0 Å². The van der Waals surface area contributed by atoms with E-state index < -0.39 is 0 Å². The van der Waals surface area contributed by atoms with Crippen molar-refractivity contribution in [2.45, 2.75) is 19.9 Å². The molecule has 7 heteroatoms. The average molecular weight is 419 g/mol. The maximum Gasteiger partial charge on any atom is 0.265 e. The lowest BCUT2D eigenvalue weighted by molar-refractivity contribution is 0.0923. The van der Waals surface area contributed by atoms with Gasteiger partial charge in [-0.15, -0.1) is 11.3 Å². The number of aromatic nitrogens is 2. The molecule has 30 heavy (non-hydrogen) atoms. The predicted molar refractivity (Wildman–Crippen MR) is 120 cm³/mol. The molecule has 0 saturated carbocycles. The molecule has 2 heterocycles. The minimum atomic E-state index is -0.247. The van der Waals surface area contributed by atoms with Crippen LogP contribution in [0.2, 0.25) is 0 Å². The molecule has 0 aliphatic rings. The average Bonchev–Trinajstić information content (AvgIpc) is 3.42. The molecule has 0 aliphatic heterocycles. The van der Waals surface area contributed by atoms with Crippen molar-refractivity contribution in [1.29, 1.82) is 0 Å². The first-order valence-electron chi connectivity index (χ1n) is 9.71. The van der Waals surface area contributed by atoms with Crippen molar-refractivity contribution in [2.75, 3.05) is 5.32 Å². The Morgan fingerprint density at radius 3 is 2.40 bits per heavy atom. The summed E-state index contributed by atoms with van der Waals surface area (Å²) in [4.78, 5) is 33.6. The lowest BCUT2D eigenvalue weighted by Gasteiger charge is -2.20. The second-order valence-electron chi connectivity index (χ2n) is 7.34. The highest BCUT2D eigenvalue weighted by Crippen LogP contribution is 2.23. The number of carbonyl (C=O) groups excluding carboxylic acids is 2. The molecule has 6 nitrogen and oxygen atoms in total. The maximum absolute atomic E-state index is 12.8. The van der Waals surface area contributed by atoms with E-state index >= 15 is 0 Å². The molecule has 0 fully saturated rings. The highest BCUT2D eigenvalue weighted by Gasteiger charge is 2.22. The number of nitrogens with one attached hydrogen (secondary N) is 3. The van der Waals surface area contributed by atoms with Crippen molar-refractivity contribution in [3.8, 4) is 0 Å². The second-order valence-corrected chi connectivity index (χ2v) is 8.29. The lowest BCUT2D eigenvalue weighted by atomic mass is 10.0. The van der Waals surface area contributed by atoms with Crippen LogP contribution in [0.25, 0.3) is 11.0 Å². The van der Waals surface area contributed by atoms with E-state index in [1.54, 1.807) is 30.3 Å². The first-order chi connectivity index (χ1) is 14.5. The fraction of sp³-hybridized carbons (Fsp3) is 0.174. The SMILES string of the molecule is CC(C)[C@@H](NC(=O)c1ccc(NC(=O)c2cccs2)cc1)c1nc2ccccc2[nH]1. The molecule has 152 valence electrons. The monoisotopic (exact) mass is 418 g/mol. The molecular formula is C23H22N4O2S. The molecule has 4 aromatic rings. The predicted octanol–water partition coefficient (Wildman–Crippen LogP) is 5.00. The quantitative estimate of drug-likeness (QED) is 0.412. The van der Waals surface area contributed by atoms with E-state index in [0.29, 0.717) is 16.1 Å². The van der Waals surface area contributed by atoms with Crippen LogP contribution in [0.3, 0.4) is 0 Å². The highest BCUT2D eigenvalue weighted by molar-refractivity contribution is 7.12. The van der Waals surface area contributed by atoms with Gasteiger partial charge in [0, 0.05) is 11.3 Å². The summed E-state index contributed by atoms with van der Waals surface area (Å²) >= 11 is 1.38. The number of anilines is 1. The van der Waals surface area contributed by atoms with Gasteiger partial charge >= 0.3 is 0 Å². The van der Waals surface area contributed by atoms with Crippen LogP contribution in [0.1, 0.15) is 45.7 Å². The third kappa shape index (κ3) is 4.26. The number of carbonyl (C=O) groups is 2. The van der Waals surface area contributed by atoms with E-state index in [-0.39, 0.29) is 23.8 Å². The van der Waals surface area contributed by atoms with Crippen LogP contribution in [0.4, 0.5) is 5.69 Å². The Balaban J connectivity index is 1.46. The minimum absolute atomic E-state index is 0.152. The van der Waals surface area contributed by atoms with Gasteiger partial charge < -0.3 is 15.6 Å². The minimum Gasteiger partial charge on any atom is -0.342 e. The van der Waals surface area contributed by atoms with Gasteiger partial charge in [-0.1, -0.05) is 32.0 Å². The standard InChI is InChI=1S/C23H22N4O2S/c1-14(2)20(21-25-17-6-3-4-7-18(17)26-21)27-22(28)15-9-11-16(12-10-15)24-23(29)19-8-5-13-30-19/h3-14,20H,1-2H3,(H,24,29)(H,25,26)(H,27,28)/t20-/m1/s1. The fourth-order valence-electron chi connectivity index (χ4n) is 3.20. The highest BCUT2D eigenvalue weighted by atomic mass is 32.1. The Morgan fingerprint density at radius 1 is 0.967 bits per heavy atom. The number of fused-ring (bicyclic) bond motifs is 1. The molecular weight excluding hydrogens is 396 g/mol. The molecule has 2 aromatic carbocycles. The largest absolute Gasteiger partial charge is 0.342 e. The summed E-state index contributed by atoms with van der Waals surface area (Å²) in [6.45, 7) is 4.09. The topological polar surface area (TPSA) is 86.9 Å². The van der Waals surface area contributed by atoms with Crippen LogP contribution < -0.4 is 10.6 Å². The van der Waals surface area contributed by atoms with Crippen molar-refractivity contribution in [1.82, 2.24) is 15.3 Å². The van der Waals surface area contributed by atoms with Gasteiger partial charge in [0.2, 0.25) is 0 Å². The first kappa shape index (κ1) is 19.8. The third-order valence-electron chi connectivity index (χ3n) is 4.81. The van der Waals surface area contributed by atoms with Crippen molar-refractivity contribution in [2.24, 2.45) is 5.92 Å². The zero-order chi connectivity index (χ0) is 21.1. The third-order valence-corrected chi connectivity index (χ3v) is 5.67. The maximum atomic E-state index is 12.8. The van der Waals surface area contributed by atoms with Gasteiger partial charge in [-0.05, 0) is 53.8 Å². The molecule has 0 bridgehead atoms. The number of amides is 2. The Kier molecular flexibility index (Phi) is 5.63. The molecule has 0 radical (unpaired) electrons. The zero-order valence-electron chi connectivity index (χ0n) is 16.7. The van der Waals surface area contributed by atoms with Crippen LogP contribution in [0.5, 0.6) is 0 Å². The molecule has 0 aliphatic carbocycles. The van der Waals surface area contributed by atoms with Gasteiger partial charge in [0.25, 0.3) is 11.8 Å². The number of H-pyrrole nitrogens is 1. The van der Waals surface area contributed by atoms with E-state index in [4.69, 9.17) is 0 Å². The lowest BCUT2D eigenvalue weighted by Crippen LogP contribution is -2.32. The summed E-state index contributed by atoms with van der Waals surface area (Å²) in [5.41, 5.74) is 2.98. The summed E-state index contributed by atoms with van der Waals surface area (Å²) in [6, 6.07) is 18.0. The van der Waals surface area contributed by atoms with Gasteiger partial charge in [0.15, 0.2) is 0 Å². The first-order valence-corrected chi connectivity index (χ1v) is 10.6. The molecule has 2 amide bonds. The molecule has 3 N–H and O–H groups in total. The number of hydrogen-bond acceptors (Lipinski definition) is 4. The summed E-state index contributed by atoms with van der Waals surface area (Å²) in [5, 5.41) is 7.77. The Labute approximate surface area is 178 Å². The van der Waals surface area contributed by atoms with Gasteiger partial charge in [-0.25, -0.2) is 4.98 Å². The van der Waals surface area contributed by atoms with E-state index in [0.717, 1.165) is 16.9 Å². The van der Waals surface area contributed by atoms with Crippen LogP contribution in [-0.2, 0) is 0 Å². The Bertz CT molecular complexity index is 1130. The van der Waals surface area contributed by atoms with E-state index in [1.807, 2.05) is 49.6 Å². The number of thiophene rings is 1. The van der Waals surface area contributed by atoms with Gasteiger partial charge in [-0.2, -0.15) is 0 Å². The smallest absolute Gasteiger partial charge is 0.265 e. The van der Waals surface area contributed by atoms with Crippen LogP contribution >= 0.6 is 11.3 Å². The number of benzene rings is 2. The zero-order valence-corrected chi connectivity index (χ0v) is 17.5. The summed E-state index contributed by atoms with van der Waals surface area (Å²) in [6.07, 6.45) is 0. The molecule has 1 atom stereocenters. The van der Waals surface area contributed by atoms with Crippen LogP contribution in [0, 0.1) is 5.92 Å². The Morgan fingerprint density at radius 2 is 1.73 bits per heavy atom. The number of para-hydroxylation sites is 2. The van der Waals surface area contributed by atoms with E-state index in [9.17, 15) is 9.59 Å². The molecule has 0 unspecified atom stereocenters. The van der Waals surface area contributed by atoms with Crippen LogP contribution in [0.15, 0.2) is 66.0 Å². The molecule has 0 saturated heterocycles. The molecule has 4 rings (SSSR count). The summed E-state index contributed by atoms with van der Waals surface area (Å²) in [7, 11) is 0. The van der Waals surface area contributed by atoms with Crippen molar-refractivity contribution < 1.29 is 9.59 Å². The van der Waals surface area contributed by atoms with E-state index in [1.165, 1.54) is 11.3 Å². The van der Waals surface area contributed by atoms with Gasteiger partial charge in [0.05, 0.1) is 22.0 Å². The number of nitrogens with zero attached hydrogens (tertiary/aromatic N) is 1. The van der Waals surface area contributed by atoms with E-state index in [2.05, 4.69) is 20.6 Å². The number of aromatic amines is 1. The number of hydrogen-bond donors (Lipinski definition) is 3. The van der Waals surface area contributed by atoms with Crippen molar-refractivity contribution >= 4 is 39.9 Å². The number of rotatable bonds is 6. The van der Waals surface area contributed by atoms with Crippen molar-refractivity contribution in [3.05, 3.63) is 82.3 Å². The summed E-state index contributed by atoms with van der Waals surface area (Å²) in [5.74, 6) is 0.537. The van der Waals surface area contributed by atoms with Crippen LogP contribution in [-0.4, -0.2) is 21.8 Å². The molecule has 2 aromatic heterocycles. The number of imidazole rings is 1. The molecule has 0 spiro atoms. The van der Waals surface area contributed by atoms with Gasteiger partial charge in [0.1, 0.15) is 5.82 Å². The normalized spacial score (nSPS) is 12.1. The van der Waals surface area contributed by atoms with Gasteiger partial charge in [-0.3, -0.25) is 9.59 Å².